The first kappa shape index (κ1) is 16.2. The molecule has 0 spiro atoms. The molecule has 0 amide bonds. The van der Waals surface area contributed by atoms with Crippen LogP contribution in [0.25, 0.3) is 0 Å². The van der Waals surface area contributed by atoms with Crippen LogP contribution in [0, 0.1) is 12.7 Å². The maximum absolute atomic E-state index is 14.2. The fourth-order valence-corrected chi connectivity index (χ4v) is 2.94. The molecule has 0 aliphatic heterocycles. The van der Waals surface area contributed by atoms with E-state index in [2.05, 4.69) is 5.10 Å². The van der Waals surface area contributed by atoms with Gasteiger partial charge in [0.05, 0.1) is 0 Å². The quantitative estimate of drug-likeness (QED) is 0.857. The Morgan fingerprint density at radius 1 is 1.32 bits per heavy atom. The summed E-state index contributed by atoms with van der Waals surface area (Å²) in [4.78, 5) is 23.9. The summed E-state index contributed by atoms with van der Waals surface area (Å²) >= 11 is 0. The van der Waals surface area contributed by atoms with E-state index in [0.717, 1.165) is 12.3 Å². The minimum Gasteiger partial charge on any atom is -0.302 e. The first-order chi connectivity index (χ1) is 10.2. The molecule has 1 aromatic heterocycles. The van der Waals surface area contributed by atoms with Crippen LogP contribution < -0.4 is 5.56 Å². The van der Waals surface area contributed by atoms with Gasteiger partial charge in [0.1, 0.15) is 16.3 Å². The highest BCUT2D eigenvalue weighted by atomic mass is 32.2. The van der Waals surface area contributed by atoms with Gasteiger partial charge >= 0.3 is 0 Å². The van der Waals surface area contributed by atoms with Crippen molar-refractivity contribution < 1.29 is 17.6 Å². The predicted molar refractivity (Wildman–Crippen MR) is 78.4 cm³/mol. The fraction of sp³-hybridized carbons (Fsp3) is 0.286. The van der Waals surface area contributed by atoms with Gasteiger partial charge in [-0.3, -0.25) is 14.3 Å². The largest absolute Gasteiger partial charge is 0.302 e. The number of aryl methyl sites for hydroxylation is 1. The van der Waals surface area contributed by atoms with E-state index in [1.165, 1.54) is 23.9 Å². The lowest BCUT2D eigenvalue weighted by Crippen LogP contribution is -2.21. The van der Waals surface area contributed by atoms with Gasteiger partial charge in [-0.25, -0.2) is 12.8 Å². The van der Waals surface area contributed by atoms with E-state index >= 15 is 0 Å². The SMILES string of the molecule is CCn1[nH]cc(C(=O)c2ccc(S(C)(=O)=O)c(F)c2C)c1=O. The molecule has 1 heterocycles. The maximum atomic E-state index is 14.2. The summed E-state index contributed by atoms with van der Waals surface area (Å²) in [6.45, 7) is 3.41. The summed E-state index contributed by atoms with van der Waals surface area (Å²) in [6.07, 6.45) is 2.15. The molecule has 0 fully saturated rings. The second-order valence-electron chi connectivity index (χ2n) is 4.89. The molecular weight excluding hydrogens is 311 g/mol. The lowest BCUT2D eigenvalue weighted by molar-refractivity contribution is 0.103. The van der Waals surface area contributed by atoms with Crippen LogP contribution in [0.15, 0.2) is 28.0 Å². The van der Waals surface area contributed by atoms with Crippen molar-refractivity contribution in [2.45, 2.75) is 25.3 Å². The highest BCUT2D eigenvalue weighted by Gasteiger charge is 2.23. The Morgan fingerprint density at radius 3 is 2.45 bits per heavy atom. The average Bonchev–Trinajstić information content (AvgIpc) is 2.80. The molecule has 0 aliphatic carbocycles. The molecule has 0 radical (unpaired) electrons. The zero-order valence-electron chi connectivity index (χ0n) is 12.3. The van der Waals surface area contributed by atoms with Gasteiger partial charge < -0.3 is 5.10 Å². The Labute approximate surface area is 126 Å². The fourth-order valence-electron chi connectivity index (χ4n) is 2.14. The van der Waals surface area contributed by atoms with Crippen molar-refractivity contribution in [1.29, 1.82) is 0 Å². The standard InChI is InChI=1S/C14H15FN2O4S/c1-4-17-14(19)10(7-16-17)13(18)9-5-6-11(22(3,20)21)12(15)8(9)2/h5-7,16H,4H2,1-3H3. The molecule has 2 aromatic rings. The van der Waals surface area contributed by atoms with Crippen molar-refractivity contribution in [2.24, 2.45) is 0 Å². The van der Waals surface area contributed by atoms with Crippen LogP contribution in [0.5, 0.6) is 0 Å². The van der Waals surface area contributed by atoms with Crippen molar-refractivity contribution in [3.05, 3.63) is 51.2 Å². The molecule has 0 saturated heterocycles. The Kier molecular flexibility index (Phi) is 4.06. The molecule has 0 saturated carbocycles. The van der Waals surface area contributed by atoms with E-state index in [9.17, 15) is 22.4 Å². The highest BCUT2D eigenvalue weighted by Crippen LogP contribution is 2.22. The van der Waals surface area contributed by atoms with Gasteiger partial charge in [-0.1, -0.05) is 0 Å². The molecule has 2 rings (SSSR count). The van der Waals surface area contributed by atoms with Gasteiger partial charge in [0.2, 0.25) is 5.78 Å². The molecular formula is C14H15FN2O4S. The molecule has 1 aromatic carbocycles. The number of hydrogen-bond acceptors (Lipinski definition) is 4. The lowest BCUT2D eigenvalue weighted by atomic mass is 10.0. The summed E-state index contributed by atoms with van der Waals surface area (Å²) in [5.74, 6) is -1.62. The molecule has 22 heavy (non-hydrogen) atoms. The molecule has 0 unspecified atom stereocenters. The maximum Gasteiger partial charge on any atom is 0.277 e. The number of nitrogens with zero attached hydrogens (tertiary/aromatic N) is 1. The van der Waals surface area contributed by atoms with Crippen LogP contribution in [0.4, 0.5) is 4.39 Å². The highest BCUT2D eigenvalue weighted by molar-refractivity contribution is 7.90. The van der Waals surface area contributed by atoms with Crippen LogP contribution in [-0.2, 0) is 16.4 Å². The average molecular weight is 326 g/mol. The Balaban J connectivity index is 2.59. The second kappa shape index (κ2) is 5.53. The zero-order chi connectivity index (χ0) is 16.7. The lowest BCUT2D eigenvalue weighted by Gasteiger charge is -2.08. The third-order valence-corrected chi connectivity index (χ3v) is 4.51. The summed E-state index contributed by atoms with van der Waals surface area (Å²) in [7, 11) is -3.73. The van der Waals surface area contributed by atoms with E-state index < -0.39 is 31.9 Å². The van der Waals surface area contributed by atoms with Crippen molar-refractivity contribution >= 4 is 15.6 Å². The number of sulfone groups is 1. The van der Waals surface area contributed by atoms with Crippen molar-refractivity contribution in [3.63, 3.8) is 0 Å². The minimum atomic E-state index is -3.73. The third kappa shape index (κ3) is 2.61. The Bertz CT molecular complexity index is 909. The van der Waals surface area contributed by atoms with E-state index in [4.69, 9.17) is 0 Å². The number of hydrogen-bond donors (Lipinski definition) is 1. The van der Waals surface area contributed by atoms with Crippen LogP contribution in [-0.4, -0.2) is 30.2 Å². The van der Waals surface area contributed by atoms with E-state index in [1.807, 2.05) is 0 Å². The molecule has 0 atom stereocenters. The van der Waals surface area contributed by atoms with Gasteiger partial charge in [-0.15, -0.1) is 0 Å². The van der Waals surface area contributed by atoms with Crippen molar-refractivity contribution in [3.8, 4) is 0 Å². The minimum absolute atomic E-state index is 0.0377. The van der Waals surface area contributed by atoms with Crippen LogP contribution in [0.2, 0.25) is 0 Å². The van der Waals surface area contributed by atoms with Gasteiger partial charge in [0, 0.05) is 24.6 Å². The number of aromatic nitrogens is 2. The smallest absolute Gasteiger partial charge is 0.277 e. The Morgan fingerprint density at radius 2 is 1.95 bits per heavy atom. The number of carbonyl (C=O) groups excluding carboxylic acids is 1. The van der Waals surface area contributed by atoms with E-state index in [0.29, 0.717) is 6.54 Å². The normalized spacial score (nSPS) is 11.6. The predicted octanol–water partition coefficient (Wildman–Crippen LogP) is 1.28. The number of benzene rings is 1. The first-order valence-electron chi connectivity index (χ1n) is 6.50. The number of carbonyl (C=O) groups is 1. The molecule has 118 valence electrons. The van der Waals surface area contributed by atoms with Crippen molar-refractivity contribution in [2.75, 3.05) is 6.26 Å². The van der Waals surface area contributed by atoms with Gasteiger partial charge in [-0.2, -0.15) is 0 Å². The number of halogens is 1. The number of H-pyrrole nitrogens is 1. The molecule has 0 aliphatic rings. The Hall–Kier alpha value is -2.22. The first-order valence-corrected chi connectivity index (χ1v) is 8.39. The van der Waals surface area contributed by atoms with Crippen LogP contribution in [0.1, 0.15) is 28.4 Å². The van der Waals surface area contributed by atoms with E-state index in [-0.39, 0.29) is 16.7 Å². The number of nitrogens with one attached hydrogen (secondary N) is 1. The van der Waals surface area contributed by atoms with Gasteiger partial charge in [-0.05, 0) is 31.5 Å². The number of rotatable bonds is 4. The van der Waals surface area contributed by atoms with Crippen LogP contribution >= 0.6 is 0 Å². The van der Waals surface area contributed by atoms with Gasteiger partial charge in [0.15, 0.2) is 9.84 Å². The molecule has 1 N–H and O–H groups in total. The van der Waals surface area contributed by atoms with E-state index in [1.54, 1.807) is 6.92 Å². The second-order valence-corrected chi connectivity index (χ2v) is 6.87. The summed E-state index contributed by atoms with van der Waals surface area (Å²) in [5.41, 5.74) is -0.753. The van der Waals surface area contributed by atoms with Crippen molar-refractivity contribution in [1.82, 2.24) is 9.78 Å². The third-order valence-electron chi connectivity index (χ3n) is 3.40. The topological polar surface area (TPSA) is 89.0 Å². The summed E-state index contributed by atoms with van der Waals surface area (Å²) in [6, 6.07) is 2.26. The molecule has 6 nitrogen and oxygen atoms in total. The molecule has 0 bridgehead atoms. The van der Waals surface area contributed by atoms with Gasteiger partial charge in [0.25, 0.3) is 5.56 Å². The monoisotopic (exact) mass is 326 g/mol. The summed E-state index contributed by atoms with van der Waals surface area (Å²) < 4.78 is 38.4. The number of aromatic amines is 1. The summed E-state index contributed by atoms with van der Waals surface area (Å²) in [5, 5.41) is 2.64. The zero-order valence-corrected chi connectivity index (χ0v) is 13.1. The number of ketones is 1. The van der Waals surface area contributed by atoms with Crippen LogP contribution in [0.3, 0.4) is 0 Å². The molecule has 8 heteroatoms.